The van der Waals surface area contributed by atoms with Crippen molar-refractivity contribution in [3.8, 4) is 0 Å². The summed E-state index contributed by atoms with van der Waals surface area (Å²) in [5.74, 6) is 0. The van der Waals surface area contributed by atoms with Gasteiger partial charge in [0.15, 0.2) is 10.7 Å². The standard InChI is InChI=1S/C13H11IO2S/c14-12-7-5-10(6-8-12)9-11-3-1-2-4-13(11)17(15)16/h1-8,17H,9H2. The second kappa shape index (κ2) is 5.64. The maximum absolute atomic E-state index is 11.1. The Morgan fingerprint density at radius 2 is 1.59 bits per heavy atom. The van der Waals surface area contributed by atoms with Crippen LogP contribution in [0.1, 0.15) is 11.1 Å². The average Bonchev–Trinajstić information content (AvgIpc) is 2.32. The second-order valence-corrected chi connectivity index (χ2v) is 5.93. The Labute approximate surface area is 116 Å². The number of hydrogen-bond donors (Lipinski definition) is 1. The molecule has 0 aromatic heterocycles. The van der Waals surface area contributed by atoms with Crippen LogP contribution in [0.3, 0.4) is 0 Å². The zero-order valence-electron chi connectivity index (χ0n) is 8.97. The van der Waals surface area contributed by atoms with E-state index in [1.54, 1.807) is 12.1 Å². The van der Waals surface area contributed by atoms with Gasteiger partial charge < -0.3 is 0 Å². The van der Waals surface area contributed by atoms with Gasteiger partial charge >= 0.3 is 0 Å². The van der Waals surface area contributed by atoms with Gasteiger partial charge in [0, 0.05) is 3.57 Å². The summed E-state index contributed by atoms with van der Waals surface area (Å²) < 4.78 is 23.4. The molecule has 0 spiro atoms. The van der Waals surface area contributed by atoms with Crippen LogP contribution in [0.2, 0.25) is 0 Å². The lowest BCUT2D eigenvalue weighted by Gasteiger charge is -2.04. The third-order valence-electron chi connectivity index (χ3n) is 2.50. The van der Waals surface area contributed by atoms with E-state index in [0.29, 0.717) is 11.3 Å². The molecule has 0 radical (unpaired) electrons. The number of rotatable bonds is 3. The van der Waals surface area contributed by atoms with Gasteiger partial charge in [-0.3, -0.25) is 0 Å². The van der Waals surface area contributed by atoms with Gasteiger partial charge in [-0.25, -0.2) is 8.42 Å². The predicted octanol–water partition coefficient (Wildman–Crippen LogP) is 2.85. The third kappa shape index (κ3) is 3.29. The lowest BCUT2D eigenvalue weighted by atomic mass is 10.1. The highest BCUT2D eigenvalue weighted by atomic mass is 127. The second-order valence-electron chi connectivity index (χ2n) is 3.69. The first-order valence-electron chi connectivity index (χ1n) is 5.13. The summed E-state index contributed by atoms with van der Waals surface area (Å²) in [5, 5.41) is 0. The highest BCUT2D eigenvalue weighted by molar-refractivity contribution is 14.1. The molecular formula is C13H11IO2S. The van der Waals surface area contributed by atoms with Gasteiger partial charge in [-0.2, -0.15) is 0 Å². The van der Waals surface area contributed by atoms with Gasteiger partial charge in [0.1, 0.15) is 0 Å². The lowest BCUT2D eigenvalue weighted by molar-refractivity contribution is 0.614. The van der Waals surface area contributed by atoms with Gasteiger partial charge in [0.25, 0.3) is 0 Å². The first-order chi connectivity index (χ1) is 8.16. The van der Waals surface area contributed by atoms with E-state index in [0.717, 1.165) is 11.1 Å². The minimum atomic E-state index is -2.52. The summed E-state index contributed by atoms with van der Waals surface area (Å²) in [7, 11) is -2.52. The van der Waals surface area contributed by atoms with Crippen molar-refractivity contribution in [2.75, 3.05) is 0 Å². The Hall–Kier alpha value is -0.880. The minimum Gasteiger partial charge on any atom is -0.227 e. The van der Waals surface area contributed by atoms with Gasteiger partial charge in [0.05, 0.1) is 4.90 Å². The van der Waals surface area contributed by atoms with Crippen LogP contribution in [0.15, 0.2) is 53.4 Å². The topological polar surface area (TPSA) is 34.1 Å². The van der Waals surface area contributed by atoms with Crippen molar-refractivity contribution in [1.29, 1.82) is 0 Å². The molecule has 0 amide bonds. The highest BCUT2D eigenvalue weighted by Crippen LogP contribution is 2.16. The molecule has 0 unspecified atom stereocenters. The summed E-state index contributed by atoms with van der Waals surface area (Å²) in [6.45, 7) is 0. The van der Waals surface area contributed by atoms with Crippen LogP contribution in [-0.4, -0.2) is 8.42 Å². The Morgan fingerprint density at radius 1 is 0.941 bits per heavy atom. The smallest absolute Gasteiger partial charge is 0.168 e. The molecule has 0 atom stereocenters. The van der Waals surface area contributed by atoms with Crippen molar-refractivity contribution < 1.29 is 8.42 Å². The van der Waals surface area contributed by atoms with Crippen LogP contribution >= 0.6 is 22.6 Å². The van der Waals surface area contributed by atoms with E-state index >= 15 is 0 Å². The molecule has 2 nitrogen and oxygen atoms in total. The molecular weight excluding hydrogens is 347 g/mol. The zero-order chi connectivity index (χ0) is 12.3. The van der Waals surface area contributed by atoms with Crippen molar-refractivity contribution in [3.05, 3.63) is 63.2 Å². The quantitative estimate of drug-likeness (QED) is 0.676. The monoisotopic (exact) mass is 358 g/mol. The molecule has 2 aromatic rings. The molecule has 0 aliphatic heterocycles. The number of halogens is 1. The predicted molar refractivity (Wildman–Crippen MR) is 77.0 cm³/mol. The number of benzene rings is 2. The van der Waals surface area contributed by atoms with Crippen LogP contribution in [0.4, 0.5) is 0 Å². The molecule has 2 aromatic carbocycles. The molecule has 0 bridgehead atoms. The molecule has 17 heavy (non-hydrogen) atoms. The van der Waals surface area contributed by atoms with E-state index < -0.39 is 10.7 Å². The first-order valence-corrected chi connectivity index (χ1v) is 7.39. The van der Waals surface area contributed by atoms with E-state index in [2.05, 4.69) is 22.6 Å². The van der Waals surface area contributed by atoms with E-state index in [-0.39, 0.29) is 0 Å². The van der Waals surface area contributed by atoms with Gasteiger partial charge in [-0.05, 0) is 58.3 Å². The number of hydrogen-bond acceptors (Lipinski definition) is 2. The fourth-order valence-electron chi connectivity index (χ4n) is 1.66. The molecule has 0 aliphatic carbocycles. The fraction of sp³-hybridized carbons (Fsp3) is 0.0769. The third-order valence-corrected chi connectivity index (χ3v) is 4.04. The number of thiol groups is 1. The van der Waals surface area contributed by atoms with Crippen LogP contribution in [0.5, 0.6) is 0 Å². The van der Waals surface area contributed by atoms with Crippen molar-refractivity contribution in [3.63, 3.8) is 0 Å². The summed E-state index contributed by atoms with van der Waals surface area (Å²) in [6.07, 6.45) is 0.649. The molecule has 88 valence electrons. The fourth-order valence-corrected chi connectivity index (χ4v) is 2.62. The highest BCUT2D eigenvalue weighted by Gasteiger charge is 2.04. The molecule has 0 aliphatic rings. The van der Waals surface area contributed by atoms with Crippen LogP contribution in [0, 0.1) is 3.57 Å². The van der Waals surface area contributed by atoms with E-state index in [9.17, 15) is 8.42 Å². The van der Waals surface area contributed by atoms with Gasteiger partial charge in [0.2, 0.25) is 0 Å². The van der Waals surface area contributed by atoms with Crippen molar-refractivity contribution in [2.24, 2.45) is 0 Å². The lowest BCUT2D eigenvalue weighted by Crippen LogP contribution is -1.94. The normalized spacial score (nSPS) is 10.7. The van der Waals surface area contributed by atoms with Gasteiger partial charge in [-0.1, -0.05) is 30.3 Å². The summed E-state index contributed by atoms with van der Waals surface area (Å²) >= 11 is 2.25. The van der Waals surface area contributed by atoms with Crippen molar-refractivity contribution in [1.82, 2.24) is 0 Å². The largest absolute Gasteiger partial charge is 0.227 e. The Kier molecular flexibility index (Phi) is 4.17. The molecule has 2 rings (SSSR count). The Morgan fingerprint density at radius 3 is 2.24 bits per heavy atom. The Bertz CT molecular complexity index is 581. The summed E-state index contributed by atoms with van der Waals surface area (Å²) in [6, 6.07) is 15.2. The maximum atomic E-state index is 11.1. The van der Waals surface area contributed by atoms with E-state index in [1.807, 2.05) is 36.4 Å². The average molecular weight is 358 g/mol. The molecule has 0 N–H and O–H groups in total. The molecule has 0 saturated heterocycles. The van der Waals surface area contributed by atoms with Crippen molar-refractivity contribution in [2.45, 2.75) is 11.3 Å². The molecule has 0 fully saturated rings. The maximum Gasteiger partial charge on any atom is 0.168 e. The van der Waals surface area contributed by atoms with Crippen LogP contribution in [0.25, 0.3) is 0 Å². The molecule has 0 heterocycles. The Balaban J connectivity index is 2.33. The molecule has 4 heteroatoms. The van der Waals surface area contributed by atoms with E-state index in [1.165, 1.54) is 3.57 Å². The first kappa shape index (κ1) is 12.6. The SMILES string of the molecule is O=[SH](=O)c1ccccc1Cc1ccc(I)cc1. The minimum absolute atomic E-state index is 0.418. The van der Waals surface area contributed by atoms with Crippen molar-refractivity contribution >= 4 is 33.3 Å². The van der Waals surface area contributed by atoms with Gasteiger partial charge in [-0.15, -0.1) is 0 Å². The van der Waals surface area contributed by atoms with Crippen LogP contribution < -0.4 is 0 Å². The van der Waals surface area contributed by atoms with E-state index in [4.69, 9.17) is 0 Å². The zero-order valence-corrected chi connectivity index (χ0v) is 12.0. The molecule has 0 saturated carbocycles. The summed E-state index contributed by atoms with van der Waals surface area (Å²) in [5.41, 5.74) is 1.97. The summed E-state index contributed by atoms with van der Waals surface area (Å²) in [4.78, 5) is 0.418. The van der Waals surface area contributed by atoms with Crippen LogP contribution in [-0.2, 0) is 17.1 Å².